The summed E-state index contributed by atoms with van der Waals surface area (Å²) in [5, 5.41) is 6.48. The van der Waals surface area contributed by atoms with E-state index in [1.54, 1.807) is 7.11 Å². The SMILES string of the molecule is COCCNC(=O)CN1CCCC(CNC2CC2)C1. The van der Waals surface area contributed by atoms with E-state index in [0.29, 0.717) is 25.6 Å². The zero-order chi connectivity index (χ0) is 13.5. The van der Waals surface area contributed by atoms with Crippen molar-refractivity contribution in [3.63, 3.8) is 0 Å². The van der Waals surface area contributed by atoms with Crippen molar-refractivity contribution >= 4 is 5.91 Å². The van der Waals surface area contributed by atoms with Crippen molar-refractivity contribution in [2.75, 3.05) is 46.4 Å². The summed E-state index contributed by atoms with van der Waals surface area (Å²) >= 11 is 0. The molecule has 0 aromatic heterocycles. The quantitative estimate of drug-likeness (QED) is 0.619. The number of hydrogen-bond acceptors (Lipinski definition) is 4. The molecule has 1 heterocycles. The van der Waals surface area contributed by atoms with Crippen LogP contribution in [0.15, 0.2) is 0 Å². The van der Waals surface area contributed by atoms with Gasteiger partial charge in [-0.15, -0.1) is 0 Å². The fourth-order valence-corrected chi connectivity index (χ4v) is 2.63. The van der Waals surface area contributed by atoms with Gasteiger partial charge in [-0.25, -0.2) is 0 Å². The van der Waals surface area contributed by atoms with Crippen LogP contribution in [0.2, 0.25) is 0 Å². The molecule has 1 atom stereocenters. The second kappa shape index (κ2) is 7.82. The van der Waals surface area contributed by atoms with Gasteiger partial charge < -0.3 is 15.4 Å². The van der Waals surface area contributed by atoms with Crippen molar-refractivity contribution < 1.29 is 9.53 Å². The van der Waals surface area contributed by atoms with Gasteiger partial charge >= 0.3 is 0 Å². The summed E-state index contributed by atoms with van der Waals surface area (Å²) < 4.78 is 4.92. The number of nitrogens with zero attached hydrogens (tertiary/aromatic N) is 1. The second-order valence-electron chi connectivity index (χ2n) is 5.77. The summed E-state index contributed by atoms with van der Waals surface area (Å²) in [6.07, 6.45) is 5.19. The third-order valence-corrected chi connectivity index (χ3v) is 3.87. The van der Waals surface area contributed by atoms with Crippen molar-refractivity contribution in [2.24, 2.45) is 5.92 Å². The first kappa shape index (κ1) is 14.8. The predicted molar refractivity (Wildman–Crippen MR) is 75.1 cm³/mol. The fourth-order valence-electron chi connectivity index (χ4n) is 2.63. The average Bonchev–Trinajstić information content (AvgIpc) is 3.21. The largest absolute Gasteiger partial charge is 0.383 e. The average molecular weight is 269 g/mol. The number of hydrogen-bond donors (Lipinski definition) is 2. The number of piperidine rings is 1. The van der Waals surface area contributed by atoms with Crippen molar-refractivity contribution in [3.05, 3.63) is 0 Å². The standard InChI is InChI=1S/C14H27N3O2/c1-19-8-6-15-14(18)11-17-7-2-3-12(10-17)9-16-13-4-5-13/h12-13,16H,2-11H2,1H3,(H,15,18). The Bertz CT molecular complexity index is 282. The molecule has 1 saturated carbocycles. The summed E-state index contributed by atoms with van der Waals surface area (Å²) in [5.74, 6) is 0.828. The van der Waals surface area contributed by atoms with Crippen molar-refractivity contribution in [2.45, 2.75) is 31.7 Å². The van der Waals surface area contributed by atoms with Gasteiger partial charge in [-0.1, -0.05) is 0 Å². The van der Waals surface area contributed by atoms with Gasteiger partial charge in [-0.2, -0.15) is 0 Å². The van der Waals surface area contributed by atoms with Crippen molar-refractivity contribution in [1.29, 1.82) is 0 Å². The van der Waals surface area contributed by atoms with Gasteiger partial charge in [0.15, 0.2) is 0 Å². The monoisotopic (exact) mass is 269 g/mol. The van der Waals surface area contributed by atoms with Gasteiger partial charge in [-0.05, 0) is 44.7 Å². The van der Waals surface area contributed by atoms with E-state index in [1.807, 2.05) is 0 Å². The molecule has 19 heavy (non-hydrogen) atoms. The normalized spacial score (nSPS) is 24.4. The Morgan fingerprint density at radius 2 is 2.21 bits per heavy atom. The van der Waals surface area contributed by atoms with Crippen LogP contribution in [0.5, 0.6) is 0 Å². The zero-order valence-corrected chi connectivity index (χ0v) is 12.0. The van der Waals surface area contributed by atoms with Gasteiger partial charge in [0, 0.05) is 26.2 Å². The summed E-state index contributed by atoms with van der Waals surface area (Å²) in [5.41, 5.74) is 0. The van der Waals surface area contributed by atoms with Gasteiger partial charge in [0.1, 0.15) is 0 Å². The van der Waals surface area contributed by atoms with E-state index >= 15 is 0 Å². The van der Waals surface area contributed by atoms with Crippen molar-refractivity contribution in [1.82, 2.24) is 15.5 Å². The molecule has 2 aliphatic rings. The Labute approximate surface area is 116 Å². The molecule has 0 radical (unpaired) electrons. The highest BCUT2D eigenvalue weighted by Gasteiger charge is 2.25. The lowest BCUT2D eigenvalue weighted by molar-refractivity contribution is -0.122. The molecule has 1 amide bonds. The molecule has 1 saturated heterocycles. The van der Waals surface area contributed by atoms with Gasteiger partial charge in [-0.3, -0.25) is 9.69 Å². The molecule has 5 heteroatoms. The fraction of sp³-hybridized carbons (Fsp3) is 0.929. The molecule has 2 rings (SSSR count). The lowest BCUT2D eigenvalue weighted by Crippen LogP contribution is -2.45. The first-order valence-corrected chi connectivity index (χ1v) is 7.49. The summed E-state index contributed by atoms with van der Waals surface area (Å²) in [7, 11) is 1.65. The van der Waals surface area contributed by atoms with E-state index in [-0.39, 0.29) is 5.91 Å². The van der Waals surface area contributed by atoms with Gasteiger partial charge in [0.2, 0.25) is 5.91 Å². The Kier molecular flexibility index (Phi) is 6.07. The summed E-state index contributed by atoms with van der Waals surface area (Å²) in [6, 6.07) is 0.785. The molecular formula is C14H27N3O2. The maximum atomic E-state index is 11.7. The smallest absolute Gasteiger partial charge is 0.234 e. The van der Waals surface area contributed by atoms with Gasteiger partial charge in [0.25, 0.3) is 0 Å². The van der Waals surface area contributed by atoms with Crippen LogP contribution in [-0.2, 0) is 9.53 Å². The molecule has 1 aliphatic carbocycles. The van der Waals surface area contributed by atoms with E-state index in [4.69, 9.17) is 4.74 Å². The third kappa shape index (κ3) is 5.89. The van der Waals surface area contributed by atoms with E-state index in [0.717, 1.165) is 25.7 Å². The van der Waals surface area contributed by atoms with Crippen LogP contribution in [0.1, 0.15) is 25.7 Å². The Morgan fingerprint density at radius 1 is 1.37 bits per heavy atom. The minimum atomic E-state index is 0.118. The Balaban J connectivity index is 1.60. The second-order valence-corrected chi connectivity index (χ2v) is 5.77. The molecule has 0 aromatic rings. The lowest BCUT2D eigenvalue weighted by atomic mass is 9.98. The maximum absolute atomic E-state index is 11.7. The van der Waals surface area contributed by atoms with E-state index in [2.05, 4.69) is 15.5 Å². The highest BCUT2D eigenvalue weighted by Crippen LogP contribution is 2.21. The molecule has 1 aliphatic heterocycles. The van der Waals surface area contributed by atoms with Crippen LogP contribution in [0, 0.1) is 5.92 Å². The van der Waals surface area contributed by atoms with Crippen LogP contribution in [0.25, 0.3) is 0 Å². The molecule has 5 nitrogen and oxygen atoms in total. The first-order valence-electron chi connectivity index (χ1n) is 7.49. The molecule has 2 N–H and O–H groups in total. The molecule has 110 valence electrons. The van der Waals surface area contributed by atoms with Crippen LogP contribution in [0.3, 0.4) is 0 Å². The minimum Gasteiger partial charge on any atom is -0.383 e. The summed E-state index contributed by atoms with van der Waals surface area (Å²) in [4.78, 5) is 14.0. The lowest BCUT2D eigenvalue weighted by Gasteiger charge is -2.32. The first-order chi connectivity index (χ1) is 9.28. The van der Waals surface area contributed by atoms with E-state index in [1.165, 1.54) is 25.7 Å². The van der Waals surface area contributed by atoms with Gasteiger partial charge in [0.05, 0.1) is 13.2 Å². The van der Waals surface area contributed by atoms with Crippen LogP contribution in [0.4, 0.5) is 0 Å². The molecule has 0 aromatic carbocycles. The predicted octanol–water partition coefficient (Wildman–Crippen LogP) is 0.213. The highest BCUT2D eigenvalue weighted by molar-refractivity contribution is 5.77. The molecular weight excluding hydrogens is 242 g/mol. The number of carbonyl (C=O) groups excluding carboxylic acids is 1. The molecule has 0 spiro atoms. The number of carbonyl (C=O) groups is 1. The highest BCUT2D eigenvalue weighted by atomic mass is 16.5. The Morgan fingerprint density at radius 3 is 2.95 bits per heavy atom. The minimum absolute atomic E-state index is 0.118. The zero-order valence-electron chi connectivity index (χ0n) is 12.0. The number of amides is 1. The molecule has 1 unspecified atom stereocenters. The van der Waals surface area contributed by atoms with Crippen LogP contribution >= 0.6 is 0 Å². The van der Waals surface area contributed by atoms with Crippen molar-refractivity contribution in [3.8, 4) is 0 Å². The van der Waals surface area contributed by atoms with Crippen LogP contribution in [-0.4, -0.2) is 63.3 Å². The van der Waals surface area contributed by atoms with E-state index < -0.39 is 0 Å². The topological polar surface area (TPSA) is 53.6 Å². The van der Waals surface area contributed by atoms with Crippen LogP contribution < -0.4 is 10.6 Å². The number of nitrogens with one attached hydrogen (secondary N) is 2. The maximum Gasteiger partial charge on any atom is 0.234 e. The molecule has 2 fully saturated rings. The number of rotatable bonds is 8. The molecule has 0 bridgehead atoms. The summed E-state index contributed by atoms with van der Waals surface area (Å²) in [6.45, 7) is 4.95. The number of ether oxygens (including phenoxy) is 1. The third-order valence-electron chi connectivity index (χ3n) is 3.87. The Hall–Kier alpha value is -0.650. The van der Waals surface area contributed by atoms with E-state index in [9.17, 15) is 4.79 Å². The number of methoxy groups -OCH3 is 1. The number of likely N-dealkylation sites (tertiary alicyclic amines) is 1.